The molecule has 1 aliphatic rings. The quantitative estimate of drug-likeness (QED) is 0.913. The summed E-state index contributed by atoms with van der Waals surface area (Å²) in [4.78, 5) is 13.1. The highest BCUT2D eigenvalue weighted by Crippen LogP contribution is 2.27. The van der Waals surface area contributed by atoms with Crippen molar-refractivity contribution in [2.75, 3.05) is 6.54 Å². The van der Waals surface area contributed by atoms with Crippen LogP contribution < -0.4 is 0 Å². The maximum Gasteiger partial charge on any atom is 0.308 e. The molecule has 1 aliphatic heterocycles. The van der Waals surface area contributed by atoms with Crippen molar-refractivity contribution in [2.45, 2.75) is 32.4 Å². The summed E-state index contributed by atoms with van der Waals surface area (Å²) >= 11 is 0. The highest BCUT2D eigenvalue weighted by atomic mass is 19.3. The average Bonchev–Trinajstić information content (AvgIpc) is 2.71. The predicted octanol–water partition coefficient (Wildman–Crippen LogP) is 2.92. The molecule has 0 amide bonds. The molecule has 2 atom stereocenters. The van der Waals surface area contributed by atoms with Gasteiger partial charge >= 0.3 is 5.97 Å². The van der Waals surface area contributed by atoms with Crippen LogP contribution in [0.25, 0.3) is 0 Å². The third-order valence-electron chi connectivity index (χ3n) is 3.79. The molecular formula is C14H17F2NO2. The Hall–Kier alpha value is -1.49. The lowest BCUT2D eigenvalue weighted by atomic mass is 10.0. The van der Waals surface area contributed by atoms with Crippen LogP contribution in [0.3, 0.4) is 0 Å². The second-order valence-electron chi connectivity index (χ2n) is 4.99. The number of rotatable bonds is 4. The molecule has 104 valence electrons. The van der Waals surface area contributed by atoms with Crippen LogP contribution >= 0.6 is 0 Å². The number of alkyl halides is 2. The van der Waals surface area contributed by atoms with Crippen molar-refractivity contribution in [2.24, 2.45) is 5.92 Å². The van der Waals surface area contributed by atoms with E-state index in [-0.39, 0.29) is 17.5 Å². The Labute approximate surface area is 110 Å². The van der Waals surface area contributed by atoms with E-state index in [1.807, 2.05) is 11.8 Å². The Kier molecular flexibility index (Phi) is 4.14. The average molecular weight is 269 g/mol. The van der Waals surface area contributed by atoms with Crippen LogP contribution in [0, 0.1) is 5.92 Å². The lowest BCUT2D eigenvalue weighted by molar-refractivity contribution is -0.142. The number of benzene rings is 1. The van der Waals surface area contributed by atoms with Crippen LogP contribution in [0.2, 0.25) is 0 Å². The lowest BCUT2D eigenvalue weighted by Gasteiger charge is -2.23. The summed E-state index contributed by atoms with van der Waals surface area (Å²) in [6.45, 7) is 3.09. The van der Waals surface area contributed by atoms with Gasteiger partial charge in [-0.05, 0) is 31.5 Å². The fourth-order valence-corrected chi connectivity index (χ4v) is 2.62. The van der Waals surface area contributed by atoms with Crippen molar-refractivity contribution in [3.05, 3.63) is 35.4 Å². The first kappa shape index (κ1) is 13.9. The van der Waals surface area contributed by atoms with Crippen molar-refractivity contribution < 1.29 is 18.7 Å². The minimum absolute atomic E-state index is 0.0131. The van der Waals surface area contributed by atoms with Crippen molar-refractivity contribution in [1.82, 2.24) is 4.90 Å². The van der Waals surface area contributed by atoms with E-state index in [2.05, 4.69) is 0 Å². The molecule has 5 heteroatoms. The zero-order valence-corrected chi connectivity index (χ0v) is 10.7. The summed E-state index contributed by atoms with van der Waals surface area (Å²) < 4.78 is 25.2. The molecule has 0 radical (unpaired) electrons. The Bertz CT molecular complexity index is 465. The molecule has 2 rings (SSSR count). The number of hydrogen-bond donors (Lipinski definition) is 1. The molecule has 1 heterocycles. The largest absolute Gasteiger partial charge is 0.481 e. The summed E-state index contributed by atoms with van der Waals surface area (Å²) in [7, 11) is 0. The molecular weight excluding hydrogens is 252 g/mol. The normalized spacial score (nSPS) is 24.0. The maximum atomic E-state index is 12.6. The van der Waals surface area contributed by atoms with Crippen LogP contribution in [0.15, 0.2) is 24.3 Å². The van der Waals surface area contributed by atoms with E-state index >= 15 is 0 Å². The molecule has 1 saturated heterocycles. The number of carbonyl (C=O) groups is 1. The molecule has 0 spiro atoms. The molecule has 0 aliphatic carbocycles. The zero-order valence-electron chi connectivity index (χ0n) is 10.7. The first-order valence-electron chi connectivity index (χ1n) is 6.33. The van der Waals surface area contributed by atoms with E-state index in [1.165, 1.54) is 12.1 Å². The van der Waals surface area contributed by atoms with Crippen molar-refractivity contribution >= 4 is 5.97 Å². The number of nitrogens with zero attached hydrogens (tertiary/aromatic N) is 1. The Morgan fingerprint density at radius 3 is 2.84 bits per heavy atom. The third kappa shape index (κ3) is 3.10. The van der Waals surface area contributed by atoms with Crippen molar-refractivity contribution in [3.8, 4) is 0 Å². The van der Waals surface area contributed by atoms with Crippen molar-refractivity contribution in [1.29, 1.82) is 0 Å². The van der Waals surface area contributed by atoms with Gasteiger partial charge in [-0.1, -0.05) is 18.2 Å². The standard InChI is InChI=1S/C14H17F2NO2/c1-9-12(14(18)19)5-6-17(9)8-10-3-2-4-11(7-10)13(15)16/h2-4,7,9,12-13H,5-6,8H2,1H3,(H,18,19). The van der Waals surface area contributed by atoms with Gasteiger partial charge in [0.1, 0.15) is 0 Å². The maximum absolute atomic E-state index is 12.6. The zero-order chi connectivity index (χ0) is 14.0. The Balaban J connectivity index is 2.06. The molecule has 1 aromatic carbocycles. The van der Waals surface area contributed by atoms with Gasteiger partial charge < -0.3 is 5.11 Å². The SMILES string of the molecule is CC1C(C(=O)O)CCN1Cc1cccc(C(F)F)c1. The third-order valence-corrected chi connectivity index (χ3v) is 3.79. The second-order valence-corrected chi connectivity index (χ2v) is 4.99. The monoisotopic (exact) mass is 269 g/mol. The van der Waals surface area contributed by atoms with E-state index in [1.54, 1.807) is 12.1 Å². The number of carboxylic acid groups (broad SMARTS) is 1. The molecule has 1 N–H and O–H groups in total. The Morgan fingerprint density at radius 1 is 1.53 bits per heavy atom. The van der Waals surface area contributed by atoms with Gasteiger partial charge in [-0.25, -0.2) is 8.78 Å². The van der Waals surface area contributed by atoms with Gasteiger partial charge in [0.25, 0.3) is 6.43 Å². The summed E-state index contributed by atoms with van der Waals surface area (Å²) in [6.07, 6.45) is -1.85. The highest BCUT2D eigenvalue weighted by Gasteiger charge is 2.35. The topological polar surface area (TPSA) is 40.5 Å². The number of halogens is 2. The minimum Gasteiger partial charge on any atom is -0.481 e. The van der Waals surface area contributed by atoms with E-state index in [9.17, 15) is 13.6 Å². The summed E-state index contributed by atoms with van der Waals surface area (Å²) in [5, 5.41) is 9.06. The molecule has 19 heavy (non-hydrogen) atoms. The van der Waals surface area contributed by atoms with Crippen LogP contribution in [0.1, 0.15) is 30.9 Å². The van der Waals surface area contributed by atoms with Gasteiger partial charge in [-0.3, -0.25) is 9.69 Å². The van der Waals surface area contributed by atoms with Crippen LogP contribution in [0.5, 0.6) is 0 Å². The smallest absolute Gasteiger partial charge is 0.308 e. The number of aliphatic carboxylic acids is 1. The molecule has 0 aromatic heterocycles. The van der Waals surface area contributed by atoms with Gasteiger partial charge in [-0.2, -0.15) is 0 Å². The molecule has 3 nitrogen and oxygen atoms in total. The molecule has 2 unspecified atom stereocenters. The molecule has 1 fully saturated rings. The molecule has 1 aromatic rings. The van der Waals surface area contributed by atoms with Crippen LogP contribution in [-0.4, -0.2) is 28.6 Å². The fraction of sp³-hybridized carbons (Fsp3) is 0.500. The van der Waals surface area contributed by atoms with Gasteiger partial charge in [0, 0.05) is 18.2 Å². The predicted molar refractivity (Wildman–Crippen MR) is 67.0 cm³/mol. The number of likely N-dealkylation sites (tertiary alicyclic amines) is 1. The van der Waals surface area contributed by atoms with Gasteiger partial charge in [-0.15, -0.1) is 0 Å². The summed E-state index contributed by atoms with van der Waals surface area (Å²) in [5.41, 5.74) is 0.815. The van der Waals surface area contributed by atoms with Gasteiger partial charge in [0.2, 0.25) is 0 Å². The van der Waals surface area contributed by atoms with Gasteiger partial charge in [0.15, 0.2) is 0 Å². The van der Waals surface area contributed by atoms with Crippen LogP contribution in [-0.2, 0) is 11.3 Å². The van der Waals surface area contributed by atoms with E-state index in [4.69, 9.17) is 5.11 Å². The Morgan fingerprint density at radius 2 is 2.26 bits per heavy atom. The number of hydrogen-bond acceptors (Lipinski definition) is 2. The van der Waals surface area contributed by atoms with Crippen LogP contribution in [0.4, 0.5) is 8.78 Å². The number of carboxylic acids is 1. The first-order chi connectivity index (χ1) is 8.99. The highest BCUT2D eigenvalue weighted by molar-refractivity contribution is 5.71. The van der Waals surface area contributed by atoms with Gasteiger partial charge in [0.05, 0.1) is 5.92 Å². The molecule has 0 saturated carbocycles. The summed E-state index contributed by atoms with van der Waals surface area (Å²) in [6, 6.07) is 6.25. The van der Waals surface area contributed by atoms with Crippen molar-refractivity contribution in [3.63, 3.8) is 0 Å². The van der Waals surface area contributed by atoms with E-state index < -0.39 is 12.4 Å². The fourth-order valence-electron chi connectivity index (χ4n) is 2.62. The first-order valence-corrected chi connectivity index (χ1v) is 6.33. The molecule has 0 bridgehead atoms. The summed E-state index contributed by atoms with van der Waals surface area (Å²) in [5.74, 6) is -1.14. The van der Waals surface area contributed by atoms with E-state index in [0.29, 0.717) is 19.5 Å². The van der Waals surface area contributed by atoms with E-state index in [0.717, 1.165) is 5.56 Å². The second kappa shape index (κ2) is 5.65. The lowest BCUT2D eigenvalue weighted by Crippen LogP contribution is -2.32. The minimum atomic E-state index is -2.47.